The van der Waals surface area contributed by atoms with Crippen LogP contribution in [0.5, 0.6) is 5.75 Å². The minimum Gasteiger partial charge on any atom is -0.497 e. The third kappa shape index (κ3) is 6.66. The minimum absolute atomic E-state index is 0.0867. The van der Waals surface area contributed by atoms with E-state index in [0.29, 0.717) is 30.4 Å². The normalized spacial score (nSPS) is 14.6. The lowest BCUT2D eigenvalue weighted by Crippen LogP contribution is -2.42. The van der Waals surface area contributed by atoms with Gasteiger partial charge in [0.25, 0.3) is 5.91 Å². The lowest BCUT2D eigenvalue weighted by atomic mass is 10.1. The topological polar surface area (TPSA) is 85.7 Å². The molecule has 0 bridgehead atoms. The molecular weight excluding hydrogens is 516 g/mol. The van der Waals surface area contributed by atoms with Crippen molar-refractivity contribution in [3.8, 4) is 22.7 Å². The molecule has 2 amide bonds. The van der Waals surface area contributed by atoms with Gasteiger partial charge in [-0.25, -0.2) is 4.98 Å². The molecule has 41 heavy (non-hydrogen) atoms. The summed E-state index contributed by atoms with van der Waals surface area (Å²) in [7, 11) is 1.63. The van der Waals surface area contributed by atoms with Crippen LogP contribution < -0.4 is 10.1 Å². The molecule has 0 radical (unpaired) electrons. The Hall–Kier alpha value is -4.43. The predicted octanol–water partition coefficient (Wildman–Crippen LogP) is 5.73. The second-order valence-corrected chi connectivity index (χ2v) is 10.6. The van der Waals surface area contributed by atoms with Crippen LogP contribution in [-0.2, 0) is 9.53 Å². The molecule has 5 rings (SSSR count). The van der Waals surface area contributed by atoms with Gasteiger partial charge in [0.2, 0.25) is 11.9 Å². The molecule has 1 fully saturated rings. The third-order valence-corrected chi connectivity index (χ3v) is 7.48. The summed E-state index contributed by atoms with van der Waals surface area (Å²) in [6, 6.07) is 21.1. The summed E-state index contributed by atoms with van der Waals surface area (Å²) in [6.07, 6.45) is 3.63. The number of benzene rings is 3. The van der Waals surface area contributed by atoms with E-state index in [-0.39, 0.29) is 24.5 Å². The quantitative estimate of drug-likeness (QED) is 0.287. The van der Waals surface area contributed by atoms with Gasteiger partial charge in [-0.05, 0) is 93.3 Å². The van der Waals surface area contributed by atoms with E-state index in [1.165, 1.54) is 5.56 Å². The number of imidazole rings is 1. The number of methoxy groups -OCH3 is 1. The van der Waals surface area contributed by atoms with Crippen molar-refractivity contribution in [2.24, 2.45) is 0 Å². The van der Waals surface area contributed by atoms with E-state index >= 15 is 0 Å². The molecule has 0 spiro atoms. The lowest BCUT2D eigenvalue weighted by molar-refractivity contribution is -0.117. The zero-order valence-electron chi connectivity index (χ0n) is 24.0. The summed E-state index contributed by atoms with van der Waals surface area (Å²) in [5.74, 6) is 0.594. The van der Waals surface area contributed by atoms with Crippen LogP contribution in [0.15, 0.2) is 72.9 Å². The van der Waals surface area contributed by atoms with Crippen molar-refractivity contribution in [2.45, 2.75) is 39.7 Å². The first-order valence-corrected chi connectivity index (χ1v) is 13.9. The first kappa shape index (κ1) is 28.1. The summed E-state index contributed by atoms with van der Waals surface area (Å²) in [6.45, 7) is 6.99. The van der Waals surface area contributed by atoms with Gasteiger partial charge >= 0.3 is 0 Å². The number of aryl methyl sites for hydroxylation is 3. The molecule has 2 heterocycles. The molecule has 1 unspecified atom stereocenters. The van der Waals surface area contributed by atoms with Crippen LogP contribution in [-0.4, -0.2) is 59.2 Å². The molecule has 8 heteroatoms. The van der Waals surface area contributed by atoms with Crippen molar-refractivity contribution in [3.05, 3.63) is 95.2 Å². The Bertz CT molecular complexity index is 1520. The molecule has 1 aromatic heterocycles. The Kier molecular flexibility index (Phi) is 8.50. The number of carbonyl (C=O) groups excluding carboxylic acids is 2. The first-order chi connectivity index (χ1) is 19.8. The van der Waals surface area contributed by atoms with Crippen molar-refractivity contribution >= 4 is 17.8 Å². The van der Waals surface area contributed by atoms with Gasteiger partial charge in [0.1, 0.15) is 12.3 Å². The summed E-state index contributed by atoms with van der Waals surface area (Å²) in [4.78, 5) is 33.4. The standard InChI is InChI=1S/C33H36N4O4/c1-22-7-10-26(11-8-22)32(39)36(19-29-6-5-17-41-29)21-31(38)35-33-34-30(25-12-15-28(40-4)16-13-25)20-37(33)27-14-9-23(2)24(3)18-27/h7-16,18,20,29H,5-6,17,19,21H2,1-4H3,(H,34,35,38). The maximum atomic E-state index is 13.5. The van der Waals surface area contributed by atoms with Crippen molar-refractivity contribution in [3.63, 3.8) is 0 Å². The number of hydrogen-bond acceptors (Lipinski definition) is 5. The zero-order valence-corrected chi connectivity index (χ0v) is 24.0. The second kappa shape index (κ2) is 12.4. The van der Waals surface area contributed by atoms with E-state index in [1.54, 1.807) is 24.1 Å². The molecule has 1 aliphatic rings. The van der Waals surface area contributed by atoms with E-state index in [2.05, 4.69) is 25.2 Å². The van der Waals surface area contributed by atoms with Crippen LogP contribution in [0.2, 0.25) is 0 Å². The maximum absolute atomic E-state index is 13.5. The van der Waals surface area contributed by atoms with E-state index in [0.717, 1.165) is 41.0 Å². The Labute approximate surface area is 240 Å². The average molecular weight is 553 g/mol. The largest absolute Gasteiger partial charge is 0.497 e. The van der Waals surface area contributed by atoms with Gasteiger partial charge in [0, 0.05) is 36.2 Å². The smallest absolute Gasteiger partial charge is 0.254 e. The van der Waals surface area contributed by atoms with E-state index in [1.807, 2.05) is 66.2 Å². The lowest BCUT2D eigenvalue weighted by Gasteiger charge is -2.25. The highest BCUT2D eigenvalue weighted by atomic mass is 16.5. The zero-order chi connectivity index (χ0) is 28.9. The second-order valence-electron chi connectivity index (χ2n) is 10.6. The Balaban J connectivity index is 1.43. The number of rotatable bonds is 9. The fraction of sp³-hybridized carbons (Fsp3) is 0.303. The van der Waals surface area contributed by atoms with Crippen molar-refractivity contribution in [2.75, 3.05) is 32.1 Å². The third-order valence-electron chi connectivity index (χ3n) is 7.48. The fourth-order valence-electron chi connectivity index (χ4n) is 4.91. The Morgan fingerprint density at radius 2 is 1.78 bits per heavy atom. The average Bonchev–Trinajstić information content (AvgIpc) is 3.64. The van der Waals surface area contributed by atoms with E-state index in [4.69, 9.17) is 14.5 Å². The van der Waals surface area contributed by atoms with Crippen molar-refractivity contribution in [1.82, 2.24) is 14.5 Å². The van der Waals surface area contributed by atoms with Gasteiger partial charge in [0.05, 0.1) is 18.9 Å². The molecule has 0 saturated carbocycles. The van der Waals surface area contributed by atoms with Gasteiger partial charge < -0.3 is 14.4 Å². The predicted molar refractivity (Wildman–Crippen MR) is 160 cm³/mol. The SMILES string of the molecule is COc1ccc(-c2cn(-c3ccc(C)c(C)c3)c(NC(=O)CN(CC3CCCO3)C(=O)c3ccc(C)cc3)n2)cc1. The molecule has 1 saturated heterocycles. The van der Waals surface area contributed by atoms with Crippen molar-refractivity contribution < 1.29 is 19.1 Å². The molecule has 1 aliphatic heterocycles. The number of nitrogens with one attached hydrogen (secondary N) is 1. The summed E-state index contributed by atoms with van der Waals surface area (Å²) >= 11 is 0. The maximum Gasteiger partial charge on any atom is 0.254 e. The van der Waals surface area contributed by atoms with E-state index < -0.39 is 0 Å². The van der Waals surface area contributed by atoms with Gasteiger partial charge in [-0.15, -0.1) is 0 Å². The van der Waals surface area contributed by atoms with Gasteiger partial charge in [-0.3, -0.25) is 19.5 Å². The number of anilines is 1. The highest BCUT2D eigenvalue weighted by Crippen LogP contribution is 2.27. The first-order valence-electron chi connectivity index (χ1n) is 13.9. The number of carbonyl (C=O) groups is 2. The highest BCUT2D eigenvalue weighted by molar-refractivity contribution is 5.99. The Morgan fingerprint density at radius 3 is 2.44 bits per heavy atom. The number of aromatic nitrogens is 2. The number of nitrogens with zero attached hydrogens (tertiary/aromatic N) is 3. The van der Waals surface area contributed by atoms with Crippen LogP contribution in [0.4, 0.5) is 5.95 Å². The molecule has 4 aromatic rings. The minimum atomic E-state index is -0.333. The molecule has 0 aliphatic carbocycles. The summed E-state index contributed by atoms with van der Waals surface area (Å²) in [5, 5.41) is 2.98. The van der Waals surface area contributed by atoms with E-state index in [9.17, 15) is 9.59 Å². The van der Waals surface area contributed by atoms with Gasteiger partial charge in [-0.2, -0.15) is 0 Å². The monoisotopic (exact) mass is 552 g/mol. The van der Waals surface area contributed by atoms with Crippen LogP contribution in [0.1, 0.15) is 39.9 Å². The number of hydrogen-bond donors (Lipinski definition) is 1. The molecule has 8 nitrogen and oxygen atoms in total. The number of ether oxygens (including phenoxy) is 2. The molecule has 1 N–H and O–H groups in total. The fourth-order valence-corrected chi connectivity index (χ4v) is 4.91. The van der Waals surface area contributed by atoms with Crippen LogP contribution >= 0.6 is 0 Å². The number of amides is 2. The van der Waals surface area contributed by atoms with Crippen molar-refractivity contribution in [1.29, 1.82) is 0 Å². The molecule has 1 atom stereocenters. The van der Waals surface area contributed by atoms with Crippen LogP contribution in [0.25, 0.3) is 16.9 Å². The van der Waals surface area contributed by atoms with Gasteiger partial charge in [-0.1, -0.05) is 23.8 Å². The van der Waals surface area contributed by atoms with Gasteiger partial charge in [0.15, 0.2) is 0 Å². The molecular formula is C33H36N4O4. The van der Waals surface area contributed by atoms with Crippen LogP contribution in [0.3, 0.4) is 0 Å². The Morgan fingerprint density at radius 1 is 1.02 bits per heavy atom. The summed E-state index contributed by atoms with van der Waals surface area (Å²) in [5.41, 5.74) is 6.38. The van der Waals surface area contributed by atoms with Crippen LogP contribution in [0, 0.1) is 20.8 Å². The molecule has 212 valence electrons. The molecule has 3 aromatic carbocycles. The summed E-state index contributed by atoms with van der Waals surface area (Å²) < 4.78 is 13.0. The highest BCUT2D eigenvalue weighted by Gasteiger charge is 2.26.